The predicted octanol–water partition coefficient (Wildman–Crippen LogP) is 9.48. The molecular formula is C44H44ClN3O4. The van der Waals surface area contributed by atoms with Crippen LogP contribution in [0.25, 0.3) is 12.2 Å². The highest BCUT2D eigenvalue weighted by Gasteiger charge is 2.20. The van der Waals surface area contributed by atoms with Crippen LogP contribution in [0.3, 0.4) is 0 Å². The van der Waals surface area contributed by atoms with Crippen molar-refractivity contribution >= 4 is 29.7 Å². The zero-order chi connectivity index (χ0) is 36.3. The molecule has 0 N–H and O–H groups in total. The molecule has 0 atom stereocenters. The van der Waals surface area contributed by atoms with Gasteiger partial charge in [0.05, 0.1) is 11.2 Å². The number of aryl methyl sites for hydroxylation is 3. The van der Waals surface area contributed by atoms with E-state index in [1.165, 1.54) is 16.7 Å². The van der Waals surface area contributed by atoms with Crippen LogP contribution < -0.4 is 14.2 Å². The molecule has 0 aliphatic carbocycles. The Morgan fingerprint density at radius 3 is 2.10 bits per heavy atom. The highest BCUT2D eigenvalue weighted by Crippen LogP contribution is 2.34. The molecule has 1 aliphatic heterocycles. The van der Waals surface area contributed by atoms with E-state index in [9.17, 15) is 4.79 Å². The number of pyridine rings is 1. The van der Waals surface area contributed by atoms with Crippen LogP contribution >= 0.6 is 11.6 Å². The van der Waals surface area contributed by atoms with Gasteiger partial charge in [-0.05, 0) is 91.1 Å². The summed E-state index contributed by atoms with van der Waals surface area (Å²) < 4.78 is 17.7. The molecule has 0 radical (unpaired) electrons. The Kier molecular flexibility index (Phi) is 12.4. The van der Waals surface area contributed by atoms with E-state index in [0.717, 1.165) is 47.6 Å². The van der Waals surface area contributed by atoms with Crippen LogP contribution in [-0.2, 0) is 17.9 Å². The smallest absolute Gasteiger partial charge is 0.246 e. The molecular weight excluding hydrogens is 670 g/mol. The van der Waals surface area contributed by atoms with Gasteiger partial charge < -0.3 is 19.1 Å². The number of carbonyl (C=O) groups excluding carboxylic acids is 1. The largest absolute Gasteiger partial charge is 0.490 e. The molecule has 2 heterocycles. The van der Waals surface area contributed by atoms with E-state index < -0.39 is 0 Å². The van der Waals surface area contributed by atoms with Gasteiger partial charge in [0.1, 0.15) is 24.7 Å². The summed E-state index contributed by atoms with van der Waals surface area (Å²) in [4.78, 5) is 21.7. The topological polar surface area (TPSA) is 64.1 Å². The second-order valence-corrected chi connectivity index (χ2v) is 13.5. The van der Waals surface area contributed by atoms with E-state index in [2.05, 4.69) is 66.2 Å². The fourth-order valence-electron chi connectivity index (χ4n) is 5.81. The molecule has 1 saturated heterocycles. The number of nitrogens with zero attached hydrogens (tertiary/aromatic N) is 3. The second kappa shape index (κ2) is 17.7. The molecule has 5 aromatic rings. The molecule has 1 fully saturated rings. The maximum absolute atomic E-state index is 13.1. The molecule has 52 heavy (non-hydrogen) atoms. The predicted molar refractivity (Wildman–Crippen MR) is 209 cm³/mol. The molecule has 0 saturated carbocycles. The molecule has 7 nitrogen and oxygen atoms in total. The standard InChI is InChI=1S/C44H44ClN3O4/c1-32-6-10-37(11-7-32)31-51-40-19-20-42(46-29-40)52-44-34(3)27-38(28-41(44)45)16-21-43(49)48-24-22-47(23-25-48)30-36-14-12-35(13-15-36)5-4-26-50-39-17-8-33(2)9-18-39/h4-21,27-29H,22-26,30-31H2,1-3H3. The first kappa shape index (κ1) is 36.4. The van der Waals surface area contributed by atoms with Gasteiger partial charge in [-0.15, -0.1) is 0 Å². The molecule has 0 bridgehead atoms. The van der Waals surface area contributed by atoms with E-state index in [0.29, 0.717) is 48.7 Å². The number of aromatic nitrogens is 1. The summed E-state index contributed by atoms with van der Waals surface area (Å²) in [6.45, 7) is 10.9. The molecule has 1 aromatic heterocycles. The van der Waals surface area contributed by atoms with Crippen molar-refractivity contribution in [1.82, 2.24) is 14.8 Å². The SMILES string of the molecule is Cc1ccc(COc2ccc(Oc3c(C)cc(C=CC(=O)N4CCN(Cc5ccc(C=CCOc6ccc(C)cc6)cc5)CC4)cc3Cl)nc2)cc1. The van der Waals surface area contributed by atoms with Crippen molar-refractivity contribution in [3.05, 3.63) is 159 Å². The number of carbonyl (C=O) groups is 1. The summed E-state index contributed by atoms with van der Waals surface area (Å²) in [5, 5.41) is 0.443. The first-order valence-electron chi connectivity index (χ1n) is 17.5. The first-order valence-corrected chi connectivity index (χ1v) is 17.9. The van der Waals surface area contributed by atoms with Crippen LogP contribution in [0.4, 0.5) is 0 Å². The Morgan fingerprint density at radius 1 is 0.750 bits per heavy atom. The van der Waals surface area contributed by atoms with Gasteiger partial charge in [0.15, 0.2) is 5.75 Å². The van der Waals surface area contributed by atoms with Gasteiger partial charge in [-0.2, -0.15) is 0 Å². The second-order valence-electron chi connectivity index (χ2n) is 13.1. The van der Waals surface area contributed by atoms with Crippen LogP contribution in [-0.4, -0.2) is 53.5 Å². The fourth-order valence-corrected chi connectivity index (χ4v) is 6.12. The zero-order valence-corrected chi connectivity index (χ0v) is 30.7. The summed E-state index contributed by atoms with van der Waals surface area (Å²) in [6, 6.07) is 32.2. The molecule has 8 heteroatoms. The number of benzene rings is 4. The third-order valence-corrected chi connectivity index (χ3v) is 9.14. The van der Waals surface area contributed by atoms with Crippen LogP contribution in [0.15, 0.2) is 115 Å². The number of rotatable bonds is 13. The van der Waals surface area contributed by atoms with Crippen LogP contribution in [0.5, 0.6) is 23.1 Å². The van der Waals surface area contributed by atoms with Gasteiger partial charge in [-0.3, -0.25) is 9.69 Å². The third kappa shape index (κ3) is 10.6. The molecule has 0 spiro atoms. The number of amides is 1. The Bertz CT molecular complexity index is 1960. The number of hydrogen-bond donors (Lipinski definition) is 0. The van der Waals surface area contributed by atoms with Gasteiger partial charge >= 0.3 is 0 Å². The number of ether oxygens (including phenoxy) is 3. The molecule has 1 aliphatic rings. The van der Waals surface area contributed by atoms with Crippen LogP contribution in [0.2, 0.25) is 5.02 Å². The summed E-state index contributed by atoms with van der Waals surface area (Å²) in [5.74, 6) is 2.45. The first-order chi connectivity index (χ1) is 25.3. The fraction of sp³-hybridized carbons (Fsp3) is 0.227. The Morgan fingerprint density at radius 2 is 1.42 bits per heavy atom. The third-order valence-electron chi connectivity index (χ3n) is 8.86. The molecule has 0 unspecified atom stereocenters. The Labute approximate surface area is 311 Å². The molecule has 4 aromatic carbocycles. The lowest BCUT2D eigenvalue weighted by atomic mass is 10.1. The van der Waals surface area contributed by atoms with Crippen molar-refractivity contribution in [2.75, 3.05) is 32.8 Å². The van der Waals surface area contributed by atoms with Gasteiger partial charge in [0.25, 0.3) is 0 Å². The van der Waals surface area contributed by atoms with Crippen molar-refractivity contribution in [2.45, 2.75) is 33.9 Å². The summed E-state index contributed by atoms with van der Waals surface area (Å²) in [7, 11) is 0. The minimum Gasteiger partial charge on any atom is -0.490 e. The average molecular weight is 714 g/mol. The lowest BCUT2D eigenvalue weighted by Gasteiger charge is -2.34. The monoisotopic (exact) mass is 713 g/mol. The maximum atomic E-state index is 13.1. The molecule has 6 rings (SSSR count). The van der Waals surface area contributed by atoms with Crippen molar-refractivity contribution < 1.29 is 19.0 Å². The van der Waals surface area contributed by atoms with Crippen molar-refractivity contribution in [2.24, 2.45) is 0 Å². The Hall–Kier alpha value is -5.37. The lowest BCUT2D eigenvalue weighted by Crippen LogP contribution is -2.47. The summed E-state index contributed by atoms with van der Waals surface area (Å²) in [6.07, 6.45) is 9.17. The van der Waals surface area contributed by atoms with E-state index in [1.54, 1.807) is 30.5 Å². The van der Waals surface area contributed by atoms with Crippen molar-refractivity contribution in [3.8, 4) is 23.1 Å². The minimum absolute atomic E-state index is 0.00913. The van der Waals surface area contributed by atoms with Gasteiger partial charge in [0, 0.05) is 44.9 Å². The number of hydrogen-bond acceptors (Lipinski definition) is 6. The maximum Gasteiger partial charge on any atom is 0.246 e. The van der Waals surface area contributed by atoms with Gasteiger partial charge in [0.2, 0.25) is 11.8 Å². The van der Waals surface area contributed by atoms with Crippen LogP contribution in [0.1, 0.15) is 38.9 Å². The van der Waals surface area contributed by atoms with Crippen molar-refractivity contribution in [1.29, 1.82) is 0 Å². The summed E-state index contributed by atoms with van der Waals surface area (Å²) >= 11 is 6.63. The normalized spacial score (nSPS) is 13.5. The lowest BCUT2D eigenvalue weighted by molar-refractivity contribution is -0.127. The minimum atomic E-state index is -0.00913. The highest BCUT2D eigenvalue weighted by atomic mass is 35.5. The molecule has 1 amide bonds. The quantitative estimate of drug-likeness (QED) is 0.113. The number of piperazine rings is 1. The van der Waals surface area contributed by atoms with Gasteiger partial charge in [-0.25, -0.2) is 4.98 Å². The van der Waals surface area contributed by atoms with E-state index in [-0.39, 0.29) is 5.91 Å². The van der Waals surface area contributed by atoms with E-state index in [1.807, 2.05) is 66.4 Å². The van der Waals surface area contributed by atoms with Crippen LogP contribution in [0, 0.1) is 20.8 Å². The highest BCUT2D eigenvalue weighted by molar-refractivity contribution is 6.32. The average Bonchev–Trinajstić information content (AvgIpc) is 3.16. The zero-order valence-electron chi connectivity index (χ0n) is 29.9. The molecule has 266 valence electrons. The van der Waals surface area contributed by atoms with Crippen molar-refractivity contribution in [3.63, 3.8) is 0 Å². The van der Waals surface area contributed by atoms with E-state index >= 15 is 0 Å². The Balaban J connectivity index is 0.930. The van der Waals surface area contributed by atoms with Gasteiger partial charge in [-0.1, -0.05) is 89.5 Å². The summed E-state index contributed by atoms with van der Waals surface area (Å²) in [5.41, 5.74) is 7.57. The van der Waals surface area contributed by atoms with E-state index in [4.69, 9.17) is 25.8 Å². The number of halogens is 1.